The Morgan fingerprint density at radius 2 is 1.96 bits per heavy atom. The zero-order chi connectivity index (χ0) is 17.6. The molecule has 0 spiro atoms. The normalized spacial score (nSPS) is 16.7. The SMILES string of the molecule is CCN(CC)CCOc1ccc2c(c1)CCNC2c1cccc(C)c1. The third-order valence-electron chi connectivity index (χ3n) is 5.11. The van der Waals surface area contributed by atoms with Crippen molar-refractivity contribution in [3.63, 3.8) is 0 Å². The maximum atomic E-state index is 6.00. The molecule has 0 aromatic heterocycles. The Bertz CT molecular complexity index is 694. The monoisotopic (exact) mass is 338 g/mol. The van der Waals surface area contributed by atoms with Crippen LogP contribution in [0.25, 0.3) is 0 Å². The van der Waals surface area contributed by atoms with E-state index in [1.54, 1.807) is 0 Å². The van der Waals surface area contributed by atoms with E-state index in [1.165, 1.54) is 22.3 Å². The molecule has 1 N–H and O–H groups in total. The molecule has 3 rings (SSSR count). The number of hydrogen-bond donors (Lipinski definition) is 1. The number of hydrogen-bond acceptors (Lipinski definition) is 3. The molecule has 0 saturated carbocycles. The van der Waals surface area contributed by atoms with E-state index in [4.69, 9.17) is 4.74 Å². The van der Waals surface area contributed by atoms with Crippen LogP contribution < -0.4 is 10.1 Å². The van der Waals surface area contributed by atoms with E-state index in [-0.39, 0.29) is 6.04 Å². The predicted octanol–water partition coefficient (Wildman–Crippen LogP) is 3.95. The van der Waals surface area contributed by atoms with Gasteiger partial charge >= 0.3 is 0 Å². The fraction of sp³-hybridized carbons (Fsp3) is 0.455. The molecule has 0 fully saturated rings. The molecule has 1 heterocycles. The molecule has 0 amide bonds. The summed E-state index contributed by atoms with van der Waals surface area (Å²) in [4.78, 5) is 2.39. The number of nitrogens with zero attached hydrogens (tertiary/aromatic N) is 1. The number of aryl methyl sites for hydroxylation is 1. The summed E-state index contributed by atoms with van der Waals surface area (Å²) < 4.78 is 6.00. The lowest BCUT2D eigenvalue weighted by Crippen LogP contribution is -2.30. The first kappa shape index (κ1) is 18.0. The van der Waals surface area contributed by atoms with Gasteiger partial charge < -0.3 is 15.0 Å². The van der Waals surface area contributed by atoms with E-state index in [0.29, 0.717) is 0 Å². The van der Waals surface area contributed by atoms with Crippen LogP contribution >= 0.6 is 0 Å². The summed E-state index contributed by atoms with van der Waals surface area (Å²) in [7, 11) is 0. The Morgan fingerprint density at radius 1 is 1.12 bits per heavy atom. The van der Waals surface area contributed by atoms with Gasteiger partial charge in [0.2, 0.25) is 0 Å². The van der Waals surface area contributed by atoms with E-state index in [0.717, 1.165) is 45.0 Å². The van der Waals surface area contributed by atoms with Crippen molar-refractivity contribution in [2.75, 3.05) is 32.8 Å². The first-order valence-electron chi connectivity index (χ1n) is 9.49. The van der Waals surface area contributed by atoms with E-state index >= 15 is 0 Å². The van der Waals surface area contributed by atoms with Crippen molar-refractivity contribution in [1.29, 1.82) is 0 Å². The van der Waals surface area contributed by atoms with Gasteiger partial charge in [0.15, 0.2) is 0 Å². The molecule has 1 atom stereocenters. The van der Waals surface area contributed by atoms with Gasteiger partial charge in [-0.3, -0.25) is 0 Å². The minimum absolute atomic E-state index is 0.286. The van der Waals surface area contributed by atoms with Crippen LogP contribution in [0.4, 0.5) is 0 Å². The third-order valence-corrected chi connectivity index (χ3v) is 5.11. The van der Waals surface area contributed by atoms with Gasteiger partial charge in [0, 0.05) is 13.1 Å². The van der Waals surface area contributed by atoms with E-state index < -0.39 is 0 Å². The molecular weight excluding hydrogens is 308 g/mol. The zero-order valence-electron chi connectivity index (χ0n) is 15.7. The van der Waals surface area contributed by atoms with E-state index in [1.807, 2.05) is 0 Å². The Labute approximate surface area is 152 Å². The second-order valence-electron chi connectivity index (χ2n) is 6.79. The van der Waals surface area contributed by atoms with Crippen LogP contribution in [0.3, 0.4) is 0 Å². The predicted molar refractivity (Wildman–Crippen MR) is 104 cm³/mol. The molecule has 0 saturated heterocycles. The van der Waals surface area contributed by atoms with Gasteiger partial charge in [-0.25, -0.2) is 0 Å². The highest BCUT2D eigenvalue weighted by Crippen LogP contribution is 2.31. The molecule has 0 aliphatic carbocycles. The van der Waals surface area contributed by atoms with Gasteiger partial charge in [-0.05, 0) is 55.3 Å². The number of rotatable bonds is 7. The summed E-state index contributed by atoms with van der Waals surface area (Å²) in [6.07, 6.45) is 1.06. The molecule has 2 aromatic carbocycles. The fourth-order valence-corrected chi connectivity index (χ4v) is 3.61. The highest BCUT2D eigenvalue weighted by molar-refractivity contribution is 5.44. The van der Waals surface area contributed by atoms with Crippen molar-refractivity contribution in [2.45, 2.75) is 33.2 Å². The van der Waals surface area contributed by atoms with E-state index in [2.05, 4.69) is 73.5 Å². The quantitative estimate of drug-likeness (QED) is 0.827. The summed E-state index contributed by atoms with van der Waals surface area (Å²) in [6.45, 7) is 11.4. The van der Waals surface area contributed by atoms with Gasteiger partial charge in [0.1, 0.15) is 12.4 Å². The summed E-state index contributed by atoms with van der Waals surface area (Å²) in [5, 5.41) is 3.66. The lowest BCUT2D eigenvalue weighted by Gasteiger charge is -2.28. The van der Waals surface area contributed by atoms with Crippen LogP contribution in [0.2, 0.25) is 0 Å². The van der Waals surface area contributed by atoms with Crippen molar-refractivity contribution in [1.82, 2.24) is 10.2 Å². The lowest BCUT2D eigenvalue weighted by atomic mass is 9.89. The summed E-state index contributed by atoms with van der Waals surface area (Å²) >= 11 is 0. The number of likely N-dealkylation sites (N-methyl/N-ethyl adjacent to an activating group) is 1. The second-order valence-corrected chi connectivity index (χ2v) is 6.79. The average Bonchev–Trinajstić information content (AvgIpc) is 2.64. The molecule has 3 nitrogen and oxygen atoms in total. The Kier molecular flexibility index (Phi) is 6.11. The largest absolute Gasteiger partial charge is 0.492 e. The Hall–Kier alpha value is -1.84. The highest BCUT2D eigenvalue weighted by atomic mass is 16.5. The van der Waals surface area contributed by atoms with Crippen LogP contribution in [0, 0.1) is 6.92 Å². The van der Waals surface area contributed by atoms with Crippen molar-refractivity contribution < 1.29 is 4.74 Å². The maximum Gasteiger partial charge on any atom is 0.119 e. The maximum absolute atomic E-state index is 6.00. The minimum Gasteiger partial charge on any atom is -0.492 e. The minimum atomic E-state index is 0.286. The first-order chi connectivity index (χ1) is 12.2. The molecule has 2 aromatic rings. The third kappa shape index (κ3) is 4.42. The molecule has 1 unspecified atom stereocenters. The first-order valence-corrected chi connectivity index (χ1v) is 9.49. The molecule has 1 aliphatic heterocycles. The standard InChI is InChI=1S/C22H30N2O/c1-4-24(5-2)13-14-25-20-9-10-21-18(16-20)11-12-23-22(21)19-8-6-7-17(3)15-19/h6-10,15-16,22-23H,4-5,11-14H2,1-3H3. The van der Waals surface area contributed by atoms with Gasteiger partial charge in [-0.15, -0.1) is 0 Å². The van der Waals surface area contributed by atoms with Crippen LogP contribution in [0.5, 0.6) is 5.75 Å². The summed E-state index contributed by atoms with van der Waals surface area (Å²) in [6, 6.07) is 15.7. The smallest absolute Gasteiger partial charge is 0.119 e. The van der Waals surface area contributed by atoms with Crippen LogP contribution in [0.1, 0.15) is 42.1 Å². The van der Waals surface area contributed by atoms with Crippen LogP contribution in [0.15, 0.2) is 42.5 Å². The zero-order valence-corrected chi connectivity index (χ0v) is 15.7. The highest BCUT2D eigenvalue weighted by Gasteiger charge is 2.21. The summed E-state index contributed by atoms with van der Waals surface area (Å²) in [5.41, 5.74) is 5.44. The average molecular weight is 338 g/mol. The van der Waals surface area contributed by atoms with Crippen molar-refractivity contribution in [3.8, 4) is 5.75 Å². The Balaban J connectivity index is 1.72. The molecule has 134 valence electrons. The second kappa shape index (κ2) is 8.50. The van der Waals surface area contributed by atoms with Crippen molar-refractivity contribution in [2.24, 2.45) is 0 Å². The topological polar surface area (TPSA) is 24.5 Å². The molecule has 0 radical (unpaired) electrons. The molecule has 0 bridgehead atoms. The van der Waals surface area contributed by atoms with Crippen molar-refractivity contribution in [3.05, 3.63) is 64.7 Å². The van der Waals surface area contributed by atoms with Crippen LogP contribution in [-0.2, 0) is 6.42 Å². The van der Waals surface area contributed by atoms with E-state index in [9.17, 15) is 0 Å². The van der Waals surface area contributed by atoms with Gasteiger partial charge in [-0.2, -0.15) is 0 Å². The lowest BCUT2D eigenvalue weighted by molar-refractivity contribution is 0.222. The molecule has 3 heteroatoms. The van der Waals surface area contributed by atoms with Gasteiger partial charge in [-0.1, -0.05) is 49.7 Å². The molecule has 1 aliphatic rings. The summed E-state index contributed by atoms with van der Waals surface area (Å²) in [5.74, 6) is 0.996. The number of benzene rings is 2. The fourth-order valence-electron chi connectivity index (χ4n) is 3.61. The molecule has 25 heavy (non-hydrogen) atoms. The number of nitrogens with one attached hydrogen (secondary N) is 1. The van der Waals surface area contributed by atoms with Crippen LogP contribution in [-0.4, -0.2) is 37.7 Å². The number of ether oxygens (including phenoxy) is 1. The number of fused-ring (bicyclic) bond motifs is 1. The molecular formula is C22H30N2O. The van der Waals surface area contributed by atoms with Crippen molar-refractivity contribution >= 4 is 0 Å². The van der Waals surface area contributed by atoms with Gasteiger partial charge in [0.05, 0.1) is 6.04 Å². The Morgan fingerprint density at radius 3 is 2.72 bits per heavy atom. The van der Waals surface area contributed by atoms with Gasteiger partial charge in [0.25, 0.3) is 0 Å².